The maximum absolute atomic E-state index is 10.5. The van der Waals surface area contributed by atoms with Crippen molar-refractivity contribution in [3.63, 3.8) is 0 Å². The molecule has 0 heterocycles. The average molecular weight is 281 g/mol. The van der Waals surface area contributed by atoms with Crippen molar-refractivity contribution in [3.05, 3.63) is 35.9 Å². The van der Waals surface area contributed by atoms with Crippen molar-refractivity contribution in [2.45, 2.75) is 36.1 Å². The van der Waals surface area contributed by atoms with Gasteiger partial charge in [-0.15, -0.1) is 0 Å². The van der Waals surface area contributed by atoms with Crippen LogP contribution in [0.4, 0.5) is 0 Å². The van der Waals surface area contributed by atoms with E-state index in [9.17, 15) is 5.11 Å². The second-order valence-electron chi connectivity index (χ2n) is 5.14. The van der Waals surface area contributed by atoms with E-state index < -0.39 is 0 Å². The highest BCUT2D eigenvalue weighted by atomic mass is 79.9. The molecule has 0 spiro atoms. The lowest BCUT2D eigenvalue weighted by atomic mass is 10.0. The van der Waals surface area contributed by atoms with Crippen LogP contribution in [0.3, 0.4) is 0 Å². The average Bonchev–Trinajstić information content (AvgIpc) is 2.98. The lowest BCUT2D eigenvalue weighted by Gasteiger charge is -2.18. The highest BCUT2D eigenvalue weighted by Gasteiger charge is 2.66. The van der Waals surface area contributed by atoms with Gasteiger partial charge in [0.1, 0.15) is 0 Å². The minimum Gasteiger partial charge on any atom is -0.387 e. The van der Waals surface area contributed by atoms with Crippen LogP contribution in [-0.4, -0.2) is 9.43 Å². The predicted molar refractivity (Wildman–Crippen MR) is 68.5 cm³/mol. The number of fused-ring (bicyclic) bond motifs is 1. The van der Waals surface area contributed by atoms with Gasteiger partial charge in [0, 0.05) is 0 Å². The molecule has 2 heteroatoms. The number of aliphatic hydroxyl groups excluding tert-OH is 1. The topological polar surface area (TPSA) is 20.2 Å². The summed E-state index contributed by atoms with van der Waals surface area (Å²) in [5.74, 6) is 1.38. The molecule has 1 aromatic rings. The minimum atomic E-state index is -0.346. The molecule has 0 aliphatic heterocycles. The smallest absolute Gasteiger partial charge is 0.0948 e. The van der Waals surface area contributed by atoms with Gasteiger partial charge < -0.3 is 5.11 Å². The molecular formula is C14H17BrO. The fourth-order valence-corrected chi connectivity index (χ4v) is 4.62. The van der Waals surface area contributed by atoms with E-state index in [0.717, 1.165) is 5.56 Å². The molecule has 0 unspecified atom stereocenters. The fourth-order valence-electron chi connectivity index (χ4n) is 3.39. The van der Waals surface area contributed by atoms with E-state index in [2.05, 4.69) is 15.9 Å². The second-order valence-corrected chi connectivity index (χ2v) is 6.51. The summed E-state index contributed by atoms with van der Waals surface area (Å²) in [6, 6.07) is 10.1. The Morgan fingerprint density at radius 2 is 1.69 bits per heavy atom. The number of halogens is 1. The predicted octanol–water partition coefficient (Wildman–Crippen LogP) is 3.67. The van der Waals surface area contributed by atoms with Gasteiger partial charge in [0.2, 0.25) is 0 Å². The third-order valence-corrected chi connectivity index (χ3v) is 5.94. The zero-order valence-electron chi connectivity index (χ0n) is 9.27. The van der Waals surface area contributed by atoms with Gasteiger partial charge >= 0.3 is 0 Å². The van der Waals surface area contributed by atoms with Gasteiger partial charge in [-0.1, -0.05) is 59.1 Å². The van der Waals surface area contributed by atoms with Gasteiger partial charge in [0.25, 0.3) is 0 Å². The van der Waals surface area contributed by atoms with Crippen molar-refractivity contribution in [3.8, 4) is 0 Å². The summed E-state index contributed by atoms with van der Waals surface area (Å²) < 4.78 is -0.0230. The van der Waals surface area contributed by atoms with Crippen LogP contribution in [0.15, 0.2) is 30.3 Å². The summed E-state index contributed by atoms with van der Waals surface area (Å²) in [5, 5.41) is 10.5. The highest BCUT2D eigenvalue weighted by Crippen LogP contribution is 2.68. The zero-order chi connectivity index (χ0) is 11.2. The van der Waals surface area contributed by atoms with Gasteiger partial charge in [-0.25, -0.2) is 0 Å². The molecule has 1 aromatic carbocycles. The van der Waals surface area contributed by atoms with E-state index in [1.165, 1.54) is 25.7 Å². The van der Waals surface area contributed by atoms with Crippen LogP contribution in [-0.2, 0) is 0 Å². The SMILES string of the molecule is O[C@H](c1ccccc1)C1(Br)[C@H]2CCCC[C@@H]21. The maximum Gasteiger partial charge on any atom is 0.0948 e. The van der Waals surface area contributed by atoms with Crippen LogP contribution in [0.2, 0.25) is 0 Å². The van der Waals surface area contributed by atoms with Crippen molar-refractivity contribution in [2.24, 2.45) is 11.8 Å². The summed E-state index contributed by atoms with van der Waals surface area (Å²) in [6.07, 6.45) is 4.87. The van der Waals surface area contributed by atoms with Crippen molar-refractivity contribution in [1.29, 1.82) is 0 Å². The molecule has 1 N–H and O–H groups in total. The van der Waals surface area contributed by atoms with Crippen molar-refractivity contribution in [1.82, 2.24) is 0 Å². The third-order valence-electron chi connectivity index (χ3n) is 4.33. The van der Waals surface area contributed by atoms with Crippen molar-refractivity contribution in [2.75, 3.05) is 0 Å². The van der Waals surface area contributed by atoms with Gasteiger partial charge in [0.05, 0.1) is 10.4 Å². The molecule has 0 amide bonds. The highest BCUT2D eigenvalue weighted by molar-refractivity contribution is 9.10. The lowest BCUT2D eigenvalue weighted by Crippen LogP contribution is -2.17. The summed E-state index contributed by atoms with van der Waals surface area (Å²) >= 11 is 3.84. The Morgan fingerprint density at radius 1 is 1.12 bits per heavy atom. The first-order valence-corrected chi connectivity index (χ1v) is 6.96. The van der Waals surface area contributed by atoms with E-state index in [1.807, 2.05) is 30.3 Å². The molecule has 0 saturated heterocycles. The van der Waals surface area contributed by atoms with E-state index in [-0.39, 0.29) is 10.4 Å². The first kappa shape index (κ1) is 10.8. The van der Waals surface area contributed by atoms with Crippen LogP contribution in [0.25, 0.3) is 0 Å². The third kappa shape index (κ3) is 1.46. The number of alkyl halides is 1. The molecule has 3 rings (SSSR count). The van der Waals surface area contributed by atoms with Crippen LogP contribution in [0.1, 0.15) is 37.4 Å². The molecule has 2 saturated carbocycles. The van der Waals surface area contributed by atoms with Gasteiger partial charge in [-0.05, 0) is 30.2 Å². The molecule has 86 valence electrons. The Morgan fingerprint density at radius 3 is 2.25 bits per heavy atom. The van der Waals surface area contributed by atoms with Gasteiger partial charge in [-0.2, -0.15) is 0 Å². The molecule has 2 aliphatic carbocycles. The zero-order valence-corrected chi connectivity index (χ0v) is 10.9. The first-order valence-electron chi connectivity index (χ1n) is 6.16. The number of rotatable bonds is 2. The second kappa shape index (κ2) is 3.85. The molecule has 0 bridgehead atoms. The lowest BCUT2D eigenvalue weighted by molar-refractivity contribution is 0.159. The van der Waals surface area contributed by atoms with E-state index in [4.69, 9.17) is 0 Å². The molecule has 1 nitrogen and oxygen atoms in total. The molecular weight excluding hydrogens is 264 g/mol. The Bertz CT molecular complexity index is 364. The van der Waals surface area contributed by atoms with Crippen LogP contribution in [0, 0.1) is 11.8 Å². The molecule has 3 atom stereocenters. The Kier molecular flexibility index (Phi) is 2.60. The van der Waals surface area contributed by atoms with Crippen LogP contribution >= 0.6 is 15.9 Å². The normalized spacial score (nSPS) is 38.9. The summed E-state index contributed by atoms with van der Waals surface area (Å²) in [6.45, 7) is 0. The molecule has 0 radical (unpaired) electrons. The van der Waals surface area contributed by atoms with E-state index >= 15 is 0 Å². The molecule has 0 aromatic heterocycles. The summed E-state index contributed by atoms with van der Waals surface area (Å²) in [4.78, 5) is 0. The van der Waals surface area contributed by atoms with Crippen LogP contribution < -0.4 is 0 Å². The molecule has 16 heavy (non-hydrogen) atoms. The quantitative estimate of drug-likeness (QED) is 0.820. The van der Waals surface area contributed by atoms with E-state index in [1.54, 1.807) is 0 Å². The minimum absolute atomic E-state index is 0.0230. The molecule has 2 aliphatic rings. The summed E-state index contributed by atoms with van der Waals surface area (Å²) in [7, 11) is 0. The van der Waals surface area contributed by atoms with E-state index in [0.29, 0.717) is 11.8 Å². The van der Waals surface area contributed by atoms with Crippen molar-refractivity contribution >= 4 is 15.9 Å². The Hall–Kier alpha value is -0.340. The Balaban J connectivity index is 1.83. The number of benzene rings is 1. The van der Waals surface area contributed by atoms with Crippen molar-refractivity contribution < 1.29 is 5.11 Å². The Labute approximate surface area is 105 Å². The molecule has 2 fully saturated rings. The number of hydrogen-bond acceptors (Lipinski definition) is 1. The number of aliphatic hydroxyl groups is 1. The fraction of sp³-hybridized carbons (Fsp3) is 0.571. The van der Waals surface area contributed by atoms with Gasteiger partial charge in [0.15, 0.2) is 0 Å². The number of hydrogen-bond donors (Lipinski definition) is 1. The maximum atomic E-state index is 10.5. The van der Waals surface area contributed by atoms with Gasteiger partial charge in [-0.3, -0.25) is 0 Å². The standard InChI is InChI=1S/C14H17BrO/c15-14(11-8-4-5-9-12(11)14)13(16)10-6-2-1-3-7-10/h1-3,6-7,11-13,16H,4-5,8-9H2/t11-,12-,13+/m0/s1. The largest absolute Gasteiger partial charge is 0.387 e. The van der Waals surface area contributed by atoms with Crippen LogP contribution in [0.5, 0.6) is 0 Å². The first-order chi connectivity index (χ1) is 7.74. The monoisotopic (exact) mass is 280 g/mol. The summed E-state index contributed by atoms with van der Waals surface area (Å²) in [5.41, 5.74) is 1.05.